The normalized spacial score (nSPS) is 17.7. The third-order valence-corrected chi connectivity index (χ3v) is 2.49. The lowest BCUT2D eigenvalue weighted by atomic mass is 10.1. The molecule has 0 aliphatic carbocycles. The molecule has 1 saturated heterocycles. The summed E-state index contributed by atoms with van der Waals surface area (Å²) in [6.07, 6.45) is 3.48. The third-order valence-electron chi connectivity index (χ3n) is 2.49. The summed E-state index contributed by atoms with van der Waals surface area (Å²) in [7, 11) is 0. The Kier molecular flexibility index (Phi) is 3.01. The zero-order valence-electron chi connectivity index (χ0n) is 8.75. The number of nitrogens with one attached hydrogen (secondary N) is 2. The van der Waals surface area contributed by atoms with Crippen LogP contribution in [0.1, 0.15) is 29.3 Å². The lowest BCUT2D eigenvalue weighted by Crippen LogP contribution is -2.42. The van der Waals surface area contributed by atoms with Crippen LogP contribution in [-0.2, 0) is 0 Å². The van der Waals surface area contributed by atoms with Gasteiger partial charge in [-0.3, -0.25) is 4.79 Å². The van der Waals surface area contributed by atoms with Gasteiger partial charge in [0.05, 0.1) is 6.20 Å². The van der Waals surface area contributed by atoms with Gasteiger partial charge in [-0.05, 0) is 32.9 Å². The largest absolute Gasteiger partial charge is 0.438 e. The number of rotatable bonds is 2. The Morgan fingerprint density at radius 2 is 2.33 bits per heavy atom. The van der Waals surface area contributed by atoms with Crippen molar-refractivity contribution in [1.82, 2.24) is 15.6 Å². The van der Waals surface area contributed by atoms with Gasteiger partial charge < -0.3 is 15.1 Å². The number of nitrogens with zero attached hydrogens (tertiary/aromatic N) is 1. The summed E-state index contributed by atoms with van der Waals surface area (Å²) in [5.41, 5.74) is 0. The van der Waals surface area contributed by atoms with Crippen molar-refractivity contribution in [2.24, 2.45) is 0 Å². The summed E-state index contributed by atoms with van der Waals surface area (Å²) in [6, 6.07) is 0.242. The number of carbonyl (C=O) groups excluding carboxylic acids is 1. The summed E-state index contributed by atoms with van der Waals surface area (Å²) in [5, 5.41) is 6.15. The quantitative estimate of drug-likeness (QED) is 0.742. The van der Waals surface area contributed by atoms with E-state index in [1.54, 1.807) is 13.1 Å². The zero-order valence-corrected chi connectivity index (χ0v) is 8.75. The van der Waals surface area contributed by atoms with Crippen LogP contribution in [0.3, 0.4) is 0 Å². The number of hydrogen-bond donors (Lipinski definition) is 2. The van der Waals surface area contributed by atoms with Crippen LogP contribution in [0.2, 0.25) is 0 Å². The SMILES string of the molecule is Cc1cnc(C(=O)NC2CCNCC2)o1. The Balaban J connectivity index is 1.91. The van der Waals surface area contributed by atoms with E-state index in [0.717, 1.165) is 25.9 Å². The predicted octanol–water partition coefficient (Wildman–Crippen LogP) is 0.465. The second-order valence-corrected chi connectivity index (χ2v) is 3.77. The first-order valence-corrected chi connectivity index (χ1v) is 5.20. The highest BCUT2D eigenvalue weighted by Crippen LogP contribution is 2.05. The molecular formula is C10H15N3O2. The van der Waals surface area contributed by atoms with Gasteiger partial charge in [-0.15, -0.1) is 0 Å². The van der Waals surface area contributed by atoms with E-state index in [4.69, 9.17) is 4.42 Å². The summed E-state index contributed by atoms with van der Waals surface area (Å²) < 4.78 is 5.15. The molecule has 1 aromatic heterocycles. The van der Waals surface area contributed by atoms with E-state index in [0.29, 0.717) is 5.76 Å². The lowest BCUT2D eigenvalue weighted by molar-refractivity contribution is 0.0893. The second kappa shape index (κ2) is 4.44. The third kappa shape index (κ3) is 2.56. The molecule has 0 bridgehead atoms. The van der Waals surface area contributed by atoms with E-state index in [2.05, 4.69) is 15.6 Å². The van der Waals surface area contributed by atoms with Gasteiger partial charge in [0.1, 0.15) is 5.76 Å². The van der Waals surface area contributed by atoms with Crippen LogP contribution in [0.15, 0.2) is 10.6 Å². The van der Waals surface area contributed by atoms with Gasteiger partial charge in [-0.25, -0.2) is 4.98 Å². The highest BCUT2D eigenvalue weighted by atomic mass is 16.4. The van der Waals surface area contributed by atoms with Crippen molar-refractivity contribution in [3.8, 4) is 0 Å². The molecule has 1 fully saturated rings. The topological polar surface area (TPSA) is 67.2 Å². The maximum absolute atomic E-state index is 11.6. The number of aromatic nitrogens is 1. The fourth-order valence-electron chi connectivity index (χ4n) is 1.67. The molecule has 15 heavy (non-hydrogen) atoms. The van der Waals surface area contributed by atoms with E-state index in [-0.39, 0.29) is 17.8 Å². The van der Waals surface area contributed by atoms with E-state index in [1.165, 1.54) is 0 Å². The van der Waals surface area contributed by atoms with Gasteiger partial charge in [0.2, 0.25) is 0 Å². The van der Waals surface area contributed by atoms with E-state index < -0.39 is 0 Å². The van der Waals surface area contributed by atoms with Crippen LogP contribution in [0.25, 0.3) is 0 Å². The molecule has 5 nitrogen and oxygen atoms in total. The highest BCUT2D eigenvalue weighted by Gasteiger charge is 2.18. The van der Waals surface area contributed by atoms with Gasteiger partial charge in [0.25, 0.3) is 5.89 Å². The van der Waals surface area contributed by atoms with Crippen LogP contribution in [-0.4, -0.2) is 30.0 Å². The number of oxazole rings is 1. The van der Waals surface area contributed by atoms with Crippen LogP contribution in [0.4, 0.5) is 0 Å². The predicted molar refractivity (Wildman–Crippen MR) is 54.6 cm³/mol. The van der Waals surface area contributed by atoms with Crippen LogP contribution < -0.4 is 10.6 Å². The Morgan fingerprint density at radius 3 is 2.93 bits per heavy atom. The van der Waals surface area contributed by atoms with Crippen molar-refractivity contribution >= 4 is 5.91 Å². The van der Waals surface area contributed by atoms with Crippen molar-refractivity contribution in [1.29, 1.82) is 0 Å². The molecule has 82 valence electrons. The first-order chi connectivity index (χ1) is 7.25. The highest BCUT2D eigenvalue weighted by molar-refractivity contribution is 5.89. The van der Waals surface area contributed by atoms with Crippen LogP contribution in [0, 0.1) is 6.92 Å². The number of aryl methyl sites for hydroxylation is 1. The fraction of sp³-hybridized carbons (Fsp3) is 0.600. The van der Waals surface area contributed by atoms with Crippen molar-refractivity contribution in [3.05, 3.63) is 17.8 Å². The molecule has 0 unspecified atom stereocenters. The van der Waals surface area contributed by atoms with Gasteiger partial charge in [0, 0.05) is 6.04 Å². The fourth-order valence-corrected chi connectivity index (χ4v) is 1.67. The van der Waals surface area contributed by atoms with Crippen molar-refractivity contribution in [3.63, 3.8) is 0 Å². The first kappa shape index (κ1) is 10.2. The lowest BCUT2D eigenvalue weighted by Gasteiger charge is -2.22. The van der Waals surface area contributed by atoms with Gasteiger partial charge in [-0.1, -0.05) is 0 Å². The van der Waals surface area contributed by atoms with Crippen LogP contribution in [0.5, 0.6) is 0 Å². The molecule has 1 aliphatic rings. The van der Waals surface area contributed by atoms with Crippen molar-refractivity contribution in [2.45, 2.75) is 25.8 Å². The number of hydrogen-bond acceptors (Lipinski definition) is 4. The Hall–Kier alpha value is -1.36. The molecule has 5 heteroatoms. The van der Waals surface area contributed by atoms with Gasteiger partial charge in [-0.2, -0.15) is 0 Å². The molecule has 0 atom stereocenters. The molecule has 0 aromatic carbocycles. The minimum absolute atomic E-state index is 0.158. The van der Waals surface area contributed by atoms with Crippen molar-refractivity contribution < 1.29 is 9.21 Å². The summed E-state index contributed by atoms with van der Waals surface area (Å²) in [6.45, 7) is 3.68. The Bertz CT molecular complexity index is 342. The smallest absolute Gasteiger partial charge is 0.307 e. The molecule has 0 radical (unpaired) electrons. The maximum Gasteiger partial charge on any atom is 0.307 e. The molecule has 0 saturated carbocycles. The van der Waals surface area contributed by atoms with Gasteiger partial charge in [0.15, 0.2) is 0 Å². The van der Waals surface area contributed by atoms with E-state index >= 15 is 0 Å². The summed E-state index contributed by atoms with van der Waals surface area (Å²) >= 11 is 0. The molecule has 2 N–H and O–H groups in total. The molecule has 1 amide bonds. The molecule has 0 spiro atoms. The molecule has 2 heterocycles. The summed E-state index contributed by atoms with van der Waals surface area (Å²) in [4.78, 5) is 15.5. The molecule has 1 aromatic rings. The Morgan fingerprint density at radius 1 is 1.60 bits per heavy atom. The molecule has 1 aliphatic heterocycles. The Labute approximate surface area is 88.3 Å². The van der Waals surface area contributed by atoms with Crippen LogP contribution >= 0.6 is 0 Å². The first-order valence-electron chi connectivity index (χ1n) is 5.20. The average molecular weight is 209 g/mol. The van der Waals surface area contributed by atoms with Gasteiger partial charge >= 0.3 is 5.91 Å². The maximum atomic E-state index is 11.6. The van der Waals surface area contributed by atoms with E-state index in [9.17, 15) is 4.79 Å². The second-order valence-electron chi connectivity index (χ2n) is 3.77. The number of piperidine rings is 1. The molecule has 2 rings (SSSR count). The monoisotopic (exact) mass is 209 g/mol. The number of carbonyl (C=O) groups is 1. The van der Waals surface area contributed by atoms with E-state index in [1.807, 2.05) is 0 Å². The molecular weight excluding hydrogens is 194 g/mol. The minimum atomic E-state index is -0.213. The minimum Gasteiger partial charge on any atom is -0.438 e. The standard InChI is InChI=1S/C10H15N3O2/c1-7-6-12-10(15-7)9(14)13-8-2-4-11-5-3-8/h6,8,11H,2-5H2,1H3,(H,13,14). The average Bonchev–Trinajstić information content (AvgIpc) is 2.66. The summed E-state index contributed by atoms with van der Waals surface area (Å²) in [5.74, 6) is 0.603. The number of amides is 1. The zero-order chi connectivity index (χ0) is 10.7. The van der Waals surface area contributed by atoms with Crippen molar-refractivity contribution in [2.75, 3.05) is 13.1 Å².